The molecule has 2 nitrogen and oxygen atoms in total. The zero-order valence-corrected chi connectivity index (χ0v) is 9.11. The minimum Gasteiger partial charge on any atom is -0.456 e. The quantitative estimate of drug-likeness (QED) is 0.253. The minimum atomic E-state index is -0.474. The molecule has 0 spiro atoms. The summed E-state index contributed by atoms with van der Waals surface area (Å²) in [5.41, 5.74) is 1.09. The molecule has 0 saturated heterocycles. The highest BCUT2D eigenvalue weighted by Gasteiger charge is 1.94. The fourth-order valence-corrected chi connectivity index (χ4v) is 1.09. The molecule has 0 heterocycles. The molecule has 0 bridgehead atoms. The Hall–Kier alpha value is -2.01. The topological polar surface area (TPSA) is 26.3 Å². The number of ether oxygens (including phenoxy) is 1. The second-order valence-corrected chi connectivity index (χ2v) is 3.18. The number of hydrogen-bond donors (Lipinski definition) is 0. The van der Waals surface area contributed by atoms with Crippen molar-refractivity contribution >= 4 is 5.97 Å². The average Bonchev–Trinajstić information content (AvgIpc) is 2.31. The van der Waals surface area contributed by atoms with E-state index in [4.69, 9.17) is 4.74 Å². The van der Waals surface area contributed by atoms with Crippen LogP contribution in [0.2, 0.25) is 0 Å². The molecule has 2 heteroatoms. The van der Waals surface area contributed by atoms with Crippen LogP contribution in [-0.2, 0) is 16.0 Å². The number of benzene rings is 1. The van der Waals surface area contributed by atoms with Gasteiger partial charge in [0.1, 0.15) is 0 Å². The van der Waals surface area contributed by atoms with Gasteiger partial charge in [-0.15, -0.1) is 6.58 Å². The summed E-state index contributed by atoms with van der Waals surface area (Å²) in [6, 6.07) is 9.77. The second-order valence-electron chi connectivity index (χ2n) is 3.18. The van der Waals surface area contributed by atoms with Crippen LogP contribution >= 0.6 is 0 Å². The van der Waals surface area contributed by atoms with Crippen LogP contribution in [0, 0.1) is 11.8 Å². The van der Waals surface area contributed by atoms with E-state index in [1.807, 2.05) is 30.3 Å². The van der Waals surface area contributed by atoms with Crippen molar-refractivity contribution in [1.29, 1.82) is 0 Å². The smallest absolute Gasteiger partial charge is 0.384 e. The summed E-state index contributed by atoms with van der Waals surface area (Å²) < 4.78 is 4.84. The van der Waals surface area contributed by atoms with Crippen LogP contribution in [0.15, 0.2) is 43.0 Å². The van der Waals surface area contributed by atoms with E-state index < -0.39 is 5.97 Å². The molecule has 0 aliphatic heterocycles. The minimum absolute atomic E-state index is 0.350. The summed E-state index contributed by atoms with van der Waals surface area (Å²) in [7, 11) is 0. The molecule has 0 N–H and O–H groups in total. The van der Waals surface area contributed by atoms with Gasteiger partial charge in [0.05, 0.1) is 6.61 Å². The Morgan fingerprint density at radius 2 is 2.12 bits per heavy atom. The lowest BCUT2D eigenvalue weighted by atomic mass is 10.2. The van der Waals surface area contributed by atoms with Gasteiger partial charge in [0, 0.05) is 12.3 Å². The van der Waals surface area contributed by atoms with Gasteiger partial charge in [-0.05, 0) is 12.0 Å². The molecule has 0 unspecified atom stereocenters. The fourth-order valence-electron chi connectivity index (χ4n) is 1.09. The van der Waals surface area contributed by atoms with Gasteiger partial charge in [-0.3, -0.25) is 0 Å². The van der Waals surface area contributed by atoms with Gasteiger partial charge in [-0.2, -0.15) is 0 Å². The van der Waals surface area contributed by atoms with Crippen LogP contribution < -0.4 is 0 Å². The number of rotatable bonds is 4. The van der Waals surface area contributed by atoms with E-state index in [9.17, 15) is 4.79 Å². The maximum atomic E-state index is 11.1. The molecule has 0 fully saturated rings. The summed E-state index contributed by atoms with van der Waals surface area (Å²) in [4.78, 5) is 11.1. The Labute approximate surface area is 95.9 Å². The Bertz CT molecular complexity index is 396. The van der Waals surface area contributed by atoms with Gasteiger partial charge in [-0.25, -0.2) is 4.79 Å². The summed E-state index contributed by atoms with van der Waals surface area (Å²) >= 11 is 0. The molecule has 1 rings (SSSR count). The summed E-state index contributed by atoms with van der Waals surface area (Å²) in [6.45, 7) is 3.88. The maximum absolute atomic E-state index is 11.1. The maximum Gasteiger partial charge on any atom is 0.384 e. The molecule has 82 valence electrons. The van der Waals surface area contributed by atoms with E-state index in [-0.39, 0.29) is 0 Å². The van der Waals surface area contributed by atoms with Crippen LogP contribution in [0.5, 0.6) is 0 Å². The Morgan fingerprint density at radius 1 is 1.38 bits per heavy atom. The van der Waals surface area contributed by atoms with E-state index in [1.165, 1.54) is 0 Å². The summed E-state index contributed by atoms with van der Waals surface area (Å²) in [5.74, 6) is 4.75. The van der Waals surface area contributed by atoms with Gasteiger partial charge >= 0.3 is 5.97 Å². The molecule has 0 aliphatic rings. The van der Waals surface area contributed by atoms with Crippen molar-refractivity contribution in [1.82, 2.24) is 0 Å². The van der Waals surface area contributed by atoms with Crippen LogP contribution in [0.4, 0.5) is 0 Å². The zero-order chi connectivity index (χ0) is 11.6. The van der Waals surface area contributed by atoms with Crippen LogP contribution in [0.3, 0.4) is 0 Å². The van der Waals surface area contributed by atoms with Gasteiger partial charge in [-0.1, -0.05) is 42.3 Å². The molecular formula is C14H14O2. The van der Waals surface area contributed by atoms with Crippen LogP contribution in [0.25, 0.3) is 0 Å². The molecule has 0 amide bonds. The van der Waals surface area contributed by atoms with Gasteiger partial charge < -0.3 is 4.74 Å². The van der Waals surface area contributed by atoms with E-state index in [1.54, 1.807) is 6.08 Å². The first-order valence-corrected chi connectivity index (χ1v) is 5.13. The van der Waals surface area contributed by atoms with Gasteiger partial charge in [0.25, 0.3) is 0 Å². The molecule has 1 aromatic rings. The van der Waals surface area contributed by atoms with Crippen molar-refractivity contribution in [3.05, 3.63) is 48.6 Å². The highest BCUT2D eigenvalue weighted by Crippen LogP contribution is 1.97. The first-order valence-electron chi connectivity index (χ1n) is 5.13. The lowest BCUT2D eigenvalue weighted by Crippen LogP contribution is -2.01. The van der Waals surface area contributed by atoms with E-state index in [0.717, 1.165) is 5.56 Å². The largest absolute Gasteiger partial charge is 0.456 e. The lowest BCUT2D eigenvalue weighted by Gasteiger charge is -1.95. The molecule has 0 saturated carbocycles. The van der Waals surface area contributed by atoms with Crippen LogP contribution in [-0.4, -0.2) is 12.6 Å². The predicted octanol–water partition coefficient (Wildman–Crippen LogP) is 2.35. The zero-order valence-electron chi connectivity index (χ0n) is 9.11. The van der Waals surface area contributed by atoms with Crippen molar-refractivity contribution < 1.29 is 9.53 Å². The molecule has 0 radical (unpaired) electrons. The highest BCUT2D eigenvalue weighted by molar-refractivity contribution is 5.88. The van der Waals surface area contributed by atoms with E-state index >= 15 is 0 Å². The summed E-state index contributed by atoms with van der Waals surface area (Å²) in [6.07, 6.45) is 2.92. The second kappa shape index (κ2) is 7.30. The highest BCUT2D eigenvalue weighted by atomic mass is 16.5. The van der Waals surface area contributed by atoms with E-state index in [2.05, 4.69) is 18.4 Å². The third kappa shape index (κ3) is 5.02. The fraction of sp³-hybridized carbons (Fsp3) is 0.214. The first kappa shape index (κ1) is 12.1. The van der Waals surface area contributed by atoms with Gasteiger partial charge in [0.2, 0.25) is 0 Å². The molecular weight excluding hydrogens is 200 g/mol. The Morgan fingerprint density at radius 3 is 2.81 bits per heavy atom. The van der Waals surface area contributed by atoms with Crippen molar-refractivity contribution in [2.75, 3.05) is 6.61 Å². The van der Waals surface area contributed by atoms with Crippen LogP contribution in [0.1, 0.15) is 12.0 Å². The standard InChI is InChI=1S/C14H14O2/c1-2-3-12-16-14(15)11-7-10-13-8-5-4-6-9-13/h2,4-6,8-9H,1,3,10,12H2. The van der Waals surface area contributed by atoms with Crippen molar-refractivity contribution in [2.24, 2.45) is 0 Å². The number of esters is 1. The number of hydrogen-bond acceptors (Lipinski definition) is 2. The Kier molecular flexibility index (Phi) is 5.51. The predicted molar refractivity (Wildman–Crippen MR) is 63.7 cm³/mol. The lowest BCUT2D eigenvalue weighted by molar-refractivity contribution is -0.136. The molecule has 0 atom stereocenters. The molecule has 0 aromatic heterocycles. The third-order valence-electron chi connectivity index (χ3n) is 1.88. The first-order chi connectivity index (χ1) is 7.83. The Balaban J connectivity index is 2.32. The van der Waals surface area contributed by atoms with E-state index in [0.29, 0.717) is 19.4 Å². The SMILES string of the molecule is C=CCCOC(=O)C#CCc1ccccc1. The monoisotopic (exact) mass is 214 g/mol. The molecule has 1 aromatic carbocycles. The van der Waals surface area contributed by atoms with Gasteiger partial charge in [0.15, 0.2) is 0 Å². The molecule has 16 heavy (non-hydrogen) atoms. The molecule has 0 aliphatic carbocycles. The number of carbonyl (C=O) groups excluding carboxylic acids is 1. The third-order valence-corrected chi connectivity index (χ3v) is 1.88. The summed E-state index contributed by atoms with van der Waals surface area (Å²) in [5, 5.41) is 0. The van der Waals surface area contributed by atoms with Crippen molar-refractivity contribution in [2.45, 2.75) is 12.8 Å². The average molecular weight is 214 g/mol. The number of carbonyl (C=O) groups is 1. The van der Waals surface area contributed by atoms with Crippen molar-refractivity contribution in [3.8, 4) is 11.8 Å². The normalized spacial score (nSPS) is 8.75. The van der Waals surface area contributed by atoms with Crippen molar-refractivity contribution in [3.63, 3.8) is 0 Å².